The molecule has 5 rings (SSSR count). The number of nitrogens with zero attached hydrogens (tertiary/aromatic N) is 4. The Bertz CT molecular complexity index is 1150. The summed E-state index contributed by atoms with van der Waals surface area (Å²) in [5.74, 6) is 2.46. The average Bonchev–Trinajstić information content (AvgIpc) is 3.26. The predicted octanol–water partition coefficient (Wildman–Crippen LogP) is 3.82. The number of methoxy groups -OCH3 is 1. The maximum atomic E-state index is 13.3. The first-order valence-corrected chi connectivity index (χ1v) is 12.3. The number of piperazine rings is 1. The van der Waals surface area contributed by atoms with Crippen molar-refractivity contribution in [1.82, 2.24) is 15.0 Å². The van der Waals surface area contributed by atoms with Gasteiger partial charge in [-0.15, -0.1) is 0 Å². The fourth-order valence-electron chi connectivity index (χ4n) is 4.74. The van der Waals surface area contributed by atoms with Gasteiger partial charge in [-0.25, -0.2) is 0 Å². The van der Waals surface area contributed by atoms with E-state index in [0.29, 0.717) is 18.3 Å². The first-order chi connectivity index (χ1) is 17.1. The molecule has 1 aliphatic heterocycles. The zero-order valence-corrected chi connectivity index (χ0v) is 20.4. The molecule has 8 heteroatoms. The van der Waals surface area contributed by atoms with Gasteiger partial charge >= 0.3 is 0 Å². The third-order valence-corrected chi connectivity index (χ3v) is 6.85. The molecule has 3 aromatic rings. The third kappa shape index (κ3) is 5.42. The fourth-order valence-corrected chi connectivity index (χ4v) is 4.74. The molecular weight excluding hydrogens is 444 g/mol. The Hall–Kier alpha value is -3.55. The summed E-state index contributed by atoms with van der Waals surface area (Å²) in [5.41, 5.74) is 2.28. The molecule has 184 valence electrons. The van der Waals surface area contributed by atoms with Gasteiger partial charge in [-0.05, 0) is 50.3 Å². The van der Waals surface area contributed by atoms with E-state index in [-0.39, 0.29) is 24.5 Å². The average molecular weight is 477 g/mol. The van der Waals surface area contributed by atoms with E-state index < -0.39 is 0 Å². The van der Waals surface area contributed by atoms with Crippen molar-refractivity contribution in [2.75, 3.05) is 31.6 Å². The second-order valence-corrected chi connectivity index (χ2v) is 9.29. The van der Waals surface area contributed by atoms with Crippen molar-refractivity contribution in [3.8, 4) is 11.5 Å². The van der Waals surface area contributed by atoms with Crippen molar-refractivity contribution in [2.45, 2.75) is 51.2 Å². The van der Waals surface area contributed by atoms with Crippen LogP contribution in [0.4, 0.5) is 5.69 Å². The van der Waals surface area contributed by atoms with Crippen molar-refractivity contribution < 1.29 is 18.8 Å². The minimum absolute atomic E-state index is 0.0120. The monoisotopic (exact) mass is 476 g/mol. The van der Waals surface area contributed by atoms with Gasteiger partial charge in [-0.1, -0.05) is 35.5 Å². The van der Waals surface area contributed by atoms with Crippen molar-refractivity contribution >= 4 is 11.6 Å². The maximum Gasteiger partial charge on any atom is 0.236 e. The molecule has 1 saturated heterocycles. The lowest BCUT2D eigenvalue weighted by Gasteiger charge is -2.42. The Kier molecular flexibility index (Phi) is 6.88. The highest BCUT2D eigenvalue weighted by Crippen LogP contribution is 2.36. The smallest absolute Gasteiger partial charge is 0.236 e. The van der Waals surface area contributed by atoms with Crippen molar-refractivity contribution in [2.24, 2.45) is 0 Å². The number of hydrogen-bond acceptors (Lipinski definition) is 7. The van der Waals surface area contributed by atoms with E-state index in [1.54, 1.807) is 14.0 Å². The number of aryl methyl sites for hydroxylation is 1. The molecule has 2 fully saturated rings. The third-order valence-electron chi connectivity index (χ3n) is 6.85. The largest absolute Gasteiger partial charge is 0.493 e. The summed E-state index contributed by atoms with van der Waals surface area (Å²) in [6.45, 7) is 3.83. The van der Waals surface area contributed by atoms with Crippen LogP contribution < -0.4 is 14.4 Å². The summed E-state index contributed by atoms with van der Waals surface area (Å²) in [4.78, 5) is 21.8. The van der Waals surface area contributed by atoms with E-state index >= 15 is 0 Å². The van der Waals surface area contributed by atoms with Crippen LogP contribution in [0.1, 0.15) is 36.5 Å². The Morgan fingerprint density at radius 1 is 1.11 bits per heavy atom. The van der Waals surface area contributed by atoms with Gasteiger partial charge in [0.25, 0.3) is 0 Å². The highest BCUT2D eigenvalue weighted by Gasteiger charge is 2.32. The highest BCUT2D eigenvalue weighted by molar-refractivity contribution is 5.78. The fraction of sp³-hybridized carbons (Fsp3) is 0.444. The summed E-state index contributed by atoms with van der Waals surface area (Å²) in [6.07, 6.45) is 4.56. The zero-order chi connectivity index (χ0) is 24.2. The normalized spacial score (nSPS) is 18.3. The number of amides is 1. The van der Waals surface area contributed by atoms with Gasteiger partial charge in [-0.3, -0.25) is 4.79 Å². The van der Waals surface area contributed by atoms with Crippen LogP contribution in [0.3, 0.4) is 0 Å². The molecule has 35 heavy (non-hydrogen) atoms. The number of aromatic nitrogens is 2. The lowest BCUT2D eigenvalue weighted by atomic mass is 9.96. The first-order valence-electron chi connectivity index (χ1n) is 12.3. The molecule has 1 atom stereocenters. The predicted molar refractivity (Wildman–Crippen MR) is 132 cm³/mol. The molecule has 2 aromatic carbocycles. The van der Waals surface area contributed by atoms with Crippen molar-refractivity contribution in [3.05, 3.63) is 65.8 Å². The van der Waals surface area contributed by atoms with E-state index in [0.717, 1.165) is 49.5 Å². The molecule has 2 heterocycles. The molecule has 1 aromatic heterocycles. The van der Waals surface area contributed by atoms with Gasteiger partial charge in [-0.2, -0.15) is 4.98 Å². The summed E-state index contributed by atoms with van der Waals surface area (Å²) in [7, 11) is 1.67. The van der Waals surface area contributed by atoms with Crippen molar-refractivity contribution in [1.29, 1.82) is 0 Å². The molecule has 0 spiro atoms. The lowest BCUT2D eigenvalue weighted by molar-refractivity contribution is -0.133. The van der Waals surface area contributed by atoms with Gasteiger partial charge in [0.1, 0.15) is 6.42 Å². The minimum Gasteiger partial charge on any atom is -0.493 e. The minimum atomic E-state index is 0.0120. The van der Waals surface area contributed by atoms with Gasteiger partial charge in [0.2, 0.25) is 11.8 Å². The molecule has 1 amide bonds. The number of carbonyl (C=O) groups excluding carboxylic acids is 1. The Balaban J connectivity index is 1.35. The number of carbonyl (C=O) groups is 1. The number of hydrogen-bond donors (Lipinski definition) is 0. The van der Waals surface area contributed by atoms with Crippen LogP contribution in [-0.2, 0) is 17.6 Å². The lowest BCUT2D eigenvalue weighted by Crippen LogP contribution is -2.56. The van der Waals surface area contributed by atoms with Crippen LogP contribution in [0.2, 0.25) is 0 Å². The topological polar surface area (TPSA) is 80.9 Å². The van der Waals surface area contributed by atoms with Crippen molar-refractivity contribution in [3.63, 3.8) is 0 Å². The highest BCUT2D eigenvalue weighted by atomic mass is 16.5. The zero-order valence-electron chi connectivity index (χ0n) is 20.4. The Labute approximate surface area is 205 Å². The number of anilines is 1. The number of benzene rings is 2. The van der Waals surface area contributed by atoms with Crippen LogP contribution in [0.5, 0.6) is 11.5 Å². The van der Waals surface area contributed by atoms with Gasteiger partial charge in [0, 0.05) is 31.4 Å². The van der Waals surface area contributed by atoms with Crippen LogP contribution in [0, 0.1) is 6.92 Å². The summed E-state index contributed by atoms with van der Waals surface area (Å²) >= 11 is 0. The van der Waals surface area contributed by atoms with Gasteiger partial charge < -0.3 is 23.8 Å². The second kappa shape index (κ2) is 10.4. The van der Waals surface area contributed by atoms with Gasteiger partial charge in [0.15, 0.2) is 17.3 Å². The molecule has 1 aliphatic carbocycles. The number of ether oxygens (including phenoxy) is 2. The van der Waals surface area contributed by atoms with Crippen LogP contribution >= 0.6 is 0 Å². The Morgan fingerprint density at radius 2 is 1.94 bits per heavy atom. The molecule has 2 aliphatic rings. The van der Waals surface area contributed by atoms with E-state index in [2.05, 4.69) is 39.3 Å². The SMILES string of the molecule is COc1ccc(N2CCN(C(=O)Cc3nc(C)no3)C(Cc3ccccc3)C2)cc1OC1CCC1. The molecule has 8 nitrogen and oxygen atoms in total. The van der Waals surface area contributed by atoms with Crippen LogP contribution in [-0.4, -0.2) is 59.8 Å². The van der Waals surface area contributed by atoms with E-state index in [9.17, 15) is 4.79 Å². The number of rotatable bonds is 8. The molecule has 0 radical (unpaired) electrons. The van der Waals surface area contributed by atoms with Crippen LogP contribution in [0.15, 0.2) is 53.1 Å². The first kappa shape index (κ1) is 23.2. The van der Waals surface area contributed by atoms with E-state index in [1.165, 1.54) is 12.0 Å². The molecular formula is C27H32N4O4. The molecule has 1 saturated carbocycles. The van der Waals surface area contributed by atoms with Gasteiger partial charge in [0.05, 0.1) is 19.3 Å². The summed E-state index contributed by atoms with van der Waals surface area (Å²) in [5, 5.41) is 3.82. The molecule has 1 unspecified atom stereocenters. The molecule has 0 N–H and O–H groups in total. The Morgan fingerprint density at radius 3 is 2.63 bits per heavy atom. The van der Waals surface area contributed by atoms with Crippen LogP contribution in [0.25, 0.3) is 0 Å². The summed E-state index contributed by atoms with van der Waals surface area (Å²) in [6, 6.07) is 16.5. The standard InChI is InChI=1S/C27H32N4O4/c1-19-28-26(35-29-19)17-27(32)31-14-13-30(18-22(31)15-20-7-4-3-5-8-20)21-11-12-24(33-2)25(16-21)34-23-9-6-10-23/h3-5,7-8,11-12,16,22-23H,6,9-10,13-15,17-18H2,1-2H3. The molecule has 0 bridgehead atoms. The van der Waals surface area contributed by atoms with E-state index in [1.807, 2.05) is 29.2 Å². The maximum absolute atomic E-state index is 13.3. The quantitative estimate of drug-likeness (QED) is 0.489. The summed E-state index contributed by atoms with van der Waals surface area (Å²) < 4.78 is 17.0. The second-order valence-electron chi connectivity index (χ2n) is 9.29. The van der Waals surface area contributed by atoms with E-state index in [4.69, 9.17) is 14.0 Å².